The van der Waals surface area contributed by atoms with E-state index in [1.807, 2.05) is 0 Å². The predicted octanol–water partition coefficient (Wildman–Crippen LogP) is 4.14. The van der Waals surface area contributed by atoms with Crippen LogP contribution in [0, 0.1) is 0 Å². The van der Waals surface area contributed by atoms with Gasteiger partial charge in [-0.2, -0.15) is 0 Å². The Morgan fingerprint density at radius 3 is 1.38 bits per heavy atom. The zero-order valence-electron chi connectivity index (χ0n) is 17.4. The van der Waals surface area contributed by atoms with E-state index in [-0.39, 0.29) is 23.6 Å². The zero-order chi connectivity index (χ0) is 21.7. The first kappa shape index (κ1) is 28.6. The molecule has 0 radical (unpaired) electrons. The van der Waals surface area contributed by atoms with E-state index in [1.54, 1.807) is 27.7 Å². The summed E-state index contributed by atoms with van der Waals surface area (Å²) in [5, 5.41) is 7.89. The lowest BCUT2D eigenvalue weighted by molar-refractivity contribution is -0.142. The summed E-state index contributed by atoms with van der Waals surface area (Å²) in [7, 11) is -1.25. The SMILES string of the molecule is C=C(C)C(=O)O.C=C(C)C(=O)OC(C)C.C=C(C)C(=O)OC[Si](C)(C)C. The van der Waals surface area contributed by atoms with E-state index in [1.165, 1.54) is 6.92 Å². The van der Waals surface area contributed by atoms with Crippen molar-refractivity contribution in [2.24, 2.45) is 0 Å². The standard InChI is InChI=1S/C8H16O2Si.C7H12O2.C4H6O2/c1-7(2)8(9)10-6-11(3,4)5;1-5(2)7(8)9-6(3)4;1-3(2)4(5)6/h1,6H2,2-5H3;6H,1H2,2-4H3;1H2,2H3,(H,5,6). The number of carbonyl (C=O) groups is 3. The minimum atomic E-state index is -1.25. The average Bonchev–Trinajstić information content (AvgIpc) is 2.44. The van der Waals surface area contributed by atoms with Gasteiger partial charge in [-0.15, -0.1) is 0 Å². The van der Waals surface area contributed by atoms with Gasteiger partial charge in [0.25, 0.3) is 0 Å². The van der Waals surface area contributed by atoms with Crippen LogP contribution in [0.2, 0.25) is 19.6 Å². The third kappa shape index (κ3) is 24.1. The third-order valence-electron chi connectivity index (χ3n) is 2.04. The fourth-order valence-corrected chi connectivity index (χ4v) is 1.28. The van der Waals surface area contributed by atoms with Crippen molar-refractivity contribution in [2.45, 2.75) is 60.4 Å². The van der Waals surface area contributed by atoms with Crippen LogP contribution < -0.4 is 0 Å². The number of esters is 2. The van der Waals surface area contributed by atoms with Gasteiger partial charge in [-0.3, -0.25) is 0 Å². The molecule has 7 heteroatoms. The lowest BCUT2D eigenvalue weighted by Crippen LogP contribution is -2.29. The van der Waals surface area contributed by atoms with Crippen LogP contribution in [-0.2, 0) is 23.9 Å². The number of carboxylic acid groups (broad SMARTS) is 1. The van der Waals surface area contributed by atoms with Gasteiger partial charge in [-0.1, -0.05) is 39.4 Å². The topological polar surface area (TPSA) is 89.9 Å². The van der Waals surface area contributed by atoms with Gasteiger partial charge in [0.2, 0.25) is 0 Å². The summed E-state index contributed by atoms with van der Waals surface area (Å²) in [6.07, 6.45) is 0.535. The summed E-state index contributed by atoms with van der Waals surface area (Å²) in [4.78, 5) is 31.1. The second-order valence-corrected chi connectivity index (χ2v) is 12.6. The third-order valence-corrected chi connectivity index (χ3v) is 3.05. The molecule has 0 saturated heterocycles. The minimum absolute atomic E-state index is 0.0470. The molecule has 0 unspecified atom stereocenters. The molecule has 0 heterocycles. The normalized spacial score (nSPS) is 9.58. The van der Waals surface area contributed by atoms with Crippen molar-refractivity contribution in [1.29, 1.82) is 0 Å². The van der Waals surface area contributed by atoms with E-state index >= 15 is 0 Å². The Labute approximate surface area is 158 Å². The number of hydrogen-bond donors (Lipinski definition) is 1. The van der Waals surface area contributed by atoms with Crippen molar-refractivity contribution in [3.8, 4) is 0 Å². The fraction of sp³-hybridized carbons (Fsp3) is 0.526. The Kier molecular flexibility index (Phi) is 15.5. The highest BCUT2D eigenvalue weighted by molar-refractivity contribution is 6.76. The Balaban J connectivity index is -0.000000319. The highest BCUT2D eigenvalue weighted by Gasteiger charge is 2.16. The maximum Gasteiger partial charge on any atom is 0.333 e. The number of carbonyl (C=O) groups excluding carboxylic acids is 2. The molecule has 0 rings (SSSR count). The summed E-state index contributed by atoms with van der Waals surface area (Å²) in [5.41, 5.74) is 1.10. The predicted molar refractivity (Wildman–Crippen MR) is 108 cm³/mol. The monoisotopic (exact) mass is 386 g/mol. The average molecular weight is 387 g/mol. The smallest absolute Gasteiger partial charge is 0.333 e. The minimum Gasteiger partial charge on any atom is -0.478 e. The Hall–Kier alpha value is -2.15. The van der Waals surface area contributed by atoms with Gasteiger partial charge in [0.05, 0.1) is 20.4 Å². The molecule has 0 aromatic carbocycles. The van der Waals surface area contributed by atoms with Crippen molar-refractivity contribution in [3.63, 3.8) is 0 Å². The molecular formula is C19H34O6Si. The molecule has 0 aliphatic heterocycles. The molecule has 0 amide bonds. The van der Waals surface area contributed by atoms with Gasteiger partial charge in [0.1, 0.15) is 0 Å². The molecule has 0 aliphatic carbocycles. The van der Waals surface area contributed by atoms with Gasteiger partial charge in [-0.25, -0.2) is 14.4 Å². The number of ether oxygens (including phenoxy) is 2. The number of carboxylic acids is 1. The molecule has 6 nitrogen and oxygen atoms in total. The fourth-order valence-electron chi connectivity index (χ4n) is 0.720. The van der Waals surface area contributed by atoms with Gasteiger partial charge in [0.15, 0.2) is 0 Å². The molecule has 0 bridgehead atoms. The Bertz CT molecular complexity index is 515. The van der Waals surface area contributed by atoms with Crippen molar-refractivity contribution >= 4 is 26.0 Å². The first-order valence-electron chi connectivity index (χ1n) is 8.09. The second kappa shape index (κ2) is 14.1. The molecule has 150 valence electrons. The molecule has 0 spiro atoms. The van der Waals surface area contributed by atoms with E-state index in [0.29, 0.717) is 17.4 Å². The van der Waals surface area contributed by atoms with E-state index in [0.717, 1.165) is 0 Å². The highest BCUT2D eigenvalue weighted by atomic mass is 28.3. The van der Waals surface area contributed by atoms with Crippen LogP contribution in [0.5, 0.6) is 0 Å². The summed E-state index contributed by atoms with van der Waals surface area (Å²) in [5.74, 6) is -1.52. The lowest BCUT2D eigenvalue weighted by atomic mass is 10.3. The Morgan fingerprint density at radius 1 is 0.885 bits per heavy atom. The maximum atomic E-state index is 10.9. The molecule has 0 aromatic heterocycles. The van der Waals surface area contributed by atoms with Crippen LogP contribution in [0.1, 0.15) is 34.6 Å². The molecule has 0 saturated carbocycles. The summed E-state index contributed by atoms with van der Waals surface area (Å²) in [6, 6.07) is 0. The molecule has 26 heavy (non-hydrogen) atoms. The number of hydrogen-bond acceptors (Lipinski definition) is 5. The number of aliphatic carboxylic acids is 1. The molecule has 1 N–H and O–H groups in total. The first-order valence-corrected chi connectivity index (χ1v) is 11.8. The first-order chi connectivity index (χ1) is 11.5. The van der Waals surface area contributed by atoms with Crippen LogP contribution in [0.15, 0.2) is 36.5 Å². The van der Waals surface area contributed by atoms with E-state index in [2.05, 4.69) is 39.4 Å². The highest BCUT2D eigenvalue weighted by Crippen LogP contribution is 2.02. The largest absolute Gasteiger partial charge is 0.478 e. The van der Waals surface area contributed by atoms with Gasteiger partial charge >= 0.3 is 17.9 Å². The summed E-state index contributed by atoms with van der Waals surface area (Å²) >= 11 is 0. The summed E-state index contributed by atoms with van der Waals surface area (Å²) < 4.78 is 9.76. The van der Waals surface area contributed by atoms with Gasteiger partial charge in [-0.05, 0) is 34.6 Å². The van der Waals surface area contributed by atoms with Gasteiger partial charge in [0, 0.05) is 16.7 Å². The maximum absolute atomic E-state index is 10.9. The molecule has 0 aliphatic rings. The Morgan fingerprint density at radius 2 is 1.23 bits per heavy atom. The van der Waals surface area contributed by atoms with Crippen LogP contribution in [-0.4, -0.2) is 43.4 Å². The van der Waals surface area contributed by atoms with Crippen LogP contribution in [0.25, 0.3) is 0 Å². The van der Waals surface area contributed by atoms with Crippen molar-refractivity contribution < 1.29 is 29.0 Å². The second-order valence-electron chi connectivity index (χ2n) is 7.24. The van der Waals surface area contributed by atoms with Crippen molar-refractivity contribution in [1.82, 2.24) is 0 Å². The molecule has 0 aromatic rings. The van der Waals surface area contributed by atoms with E-state index < -0.39 is 14.0 Å². The molecule has 0 fully saturated rings. The van der Waals surface area contributed by atoms with Crippen LogP contribution in [0.3, 0.4) is 0 Å². The zero-order valence-corrected chi connectivity index (χ0v) is 18.4. The van der Waals surface area contributed by atoms with E-state index in [9.17, 15) is 14.4 Å². The van der Waals surface area contributed by atoms with E-state index in [4.69, 9.17) is 14.6 Å². The summed E-state index contributed by atoms with van der Waals surface area (Å²) in [6.45, 7) is 24.9. The molecular weight excluding hydrogens is 352 g/mol. The van der Waals surface area contributed by atoms with Crippen molar-refractivity contribution in [2.75, 3.05) is 6.23 Å². The quantitative estimate of drug-likeness (QED) is 0.419. The lowest BCUT2D eigenvalue weighted by Gasteiger charge is -2.15. The van der Waals surface area contributed by atoms with Crippen LogP contribution in [0.4, 0.5) is 0 Å². The number of rotatable bonds is 6. The molecule has 0 atom stereocenters. The van der Waals surface area contributed by atoms with Gasteiger partial charge < -0.3 is 14.6 Å². The van der Waals surface area contributed by atoms with Crippen molar-refractivity contribution in [3.05, 3.63) is 36.5 Å². The van der Waals surface area contributed by atoms with Crippen LogP contribution >= 0.6 is 0 Å².